The average Bonchev–Trinajstić information content (AvgIpc) is 3.00. The average molecular weight is 348 g/mol. The number of rotatable bonds is 7. The molecular weight excluding hydrogens is 320 g/mol. The first-order valence-corrected chi connectivity index (χ1v) is 9.07. The molecule has 1 amide bonds. The van der Waals surface area contributed by atoms with Gasteiger partial charge in [-0.15, -0.1) is 11.3 Å². The van der Waals surface area contributed by atoms with Crippen molar-refractivity contribution in [1.82, 2.24) is 5.32 Å². The summed E-state index contributed by atoms with van der Waals surface area (Å²) < 4.78 is 5.75. The second-order valence-corrected chi connectivity index (χ2v) is 7.45. The Hall–Kier alpha value is -1.85. The highest BCUT2D eigenvalue weighted by Gasteiger charge is 2.19. The van der Waals surface area contributed by atoms with E-state index in [9.17, 15) is 4.79 Å². The lowest BCUT2D eigenvalue weighted by Crippen LogP contribution is -3.06. The normalized spacial score (nSPS) is 12.2. The van der Waals surface area contributed by atoms with E-state index in [-0.39, 0.29) is 18.6 Å². The molecule has 0 aliphatic carbocycles. The molecule has 0 fully saturated rings. The molecule has 0 bridgehead atoms. The van der Waals surface area contributed by atoms with Gasteiger partial charge in [-0.05, 0) is 43.3 Å². The van der Waals surface area contributed by atoms with Crippen LogP contribution in [0.25, 0.3) is 0 Å². The number of nitrogens with one attached hydrogen (secondary N) is 2. The van der Waals surface area contributed by atoms with Crippen molar-refractivity contribution in [2.24, 2.45) is 0 Å². The van der Waals surface area contributed by atoms with E-state index in [2.05, 4.69) is 49.9 Å². The van der Waals surface area contributed by atoms with Crippen molar-refractivity contribution in [2.45, 2.75) is 26.8 Å². The Bertz CT molecular complexity index is 658. The number of aryl methyl sites for hydroxylation is 3. The molecule has 0 spiro atoms. The molecule has 2 rings (SSSR count). The fourth-order valence-electron chi connectivity index (χ4n) is 2.88. The lowest BCUT2D eigenvalue weighted by atomic mass is 10.1. The van der Waals surface area contributed by atoms with E-state index in [1.54, 1.807) is 11.3 Å². The third kappa shape index (κ3) is 4.82. The Labute approximate surface area is 148 Å². The Morgan fingerprint density at radius 2 is 1.92 bits per heavy atom. The third-order valence-corrected chi connectivity index (χ3v) is 5.03. The number of ether oxygens (including phenoxy) is 1. The summed E-state index contributed by atoms with van der Waals surface area (Å²) in [5.41, 5.74) is 3.33. The molecule has 0 saturated heterocycles. The van der Waals surface area contributed by atoms with Gasteiger partial charge in [0.1, 0.15) is 11.8 Å². The zero-order valence-corrected chi connectivity index (χ0v) is 15.9. The number of carbonyl (C=O) groups excluding carboxylic acids is 1. The minimum Gasteiger partial charge on any atom is -0.483 e. The van der Waals surface area contributed by atoms with Crippen molar-refractivity contribution >= 4 is 17.2 Å². The van der Waals surface area contributed by atoms with E-state index in [0.29, 0.717) is 6.54 Å². The van der Waals surface area contributed by atoms with Gasteiger partial charge in [-0.3, -0.25) is 4.79 Å². The molecular formula is C19H27N2O2S+. The van der Waals surface area contributed by atoms with Crippen molar-refractivity contribution < 1.29 is 14.4 Å². The predicted octanol–water partition coefficient (Wildman–Crippen LogP) is 2.05. The molecule has 1 aromatic carbocycles. The van der Waals surface area contributed by atoms with Gasteiger partial charge < -0.3 is 15.0 Å². The molecule has 0 radical (unpaired) electrons. The molecule has 2 aromatic rings. The molecule has 24 heavy (non-hydrogen) atoms. The van der Waals surface area contributed by atoms with Crippen LogP contribution in [0.1, 0.15) is 27.6 Å². The van der Waals surface area contributed by atoms with Crippen LogP contribution in [0.3, 0.4) is 0 Å². The molecule has 4 nitrogen and oxygen atoms in total. The lowest BCUT2D eigenvalue weighted by Gasteiger charge is -2.21. The maximum atomic E-state index is 12.2. The summed E-state index contributed by atoms with van der Waals surface area (Å²) >= 11 is 1.72. The van der Waals surface area contributed by atoms with Crippen LogP contribution in [-0.4, -0.2) is 33.2 Å². The number of benzene rings is 1. The first-order chi connectivity index (χ1) is 11.4. The smallest absolute Gasteiger partial charge is 0.258 e. The van der Waals surface area contributed by atoms with E-state index in [1.807, 2.05) is 19.9 Å². The number of likely N-dealkylation sites (N-methyl/N-ethyl adjacent to an activating group) is 1. The van der Waals surface area contributed by atoms with E-state index >= 15 is 0 Å². The molecule has 1 aromatic heterocycles. The van der Waals surface area contributed by atoms with Gasteiger partial charge in [0.25, 0.3) is 5.91 Å². The second kappa shape index (κ2) is 8.31. The molecule has 1 heterocycles. The van der Waals surface area contributed by atoms with Gasteiger partial charge in [0, 0.05) is 0 Å². The standard InChI is InChI=1S/C19H26N2O2S/c1-13-9-14(2)19(15(3)10-13)23-12-18(22)20-11-16(21(4)5)17-7-6-8-24-17/h6-10,16H,11-12H2,1-5H3,(H,20,22)/p+1/t16-/m0/s1. The van der Waals surface area contributed by atoms with Gasteiger partial charge in [-0.2, -0.15) is 0 Å². The van der Waals surface area contributed by atoms with E-state index < -0.39 is 0 Å². The quantitative estimate of drug-likeness (QED) is 0.805. The zero-order valence-electron chi connectivity index (χ0n) is 15.1. The fraction of sp³-hybridized carbons (Fsp3) is 0.421. The number of quaternary nitrogens is 1. The van der Waals surface area contributed by atoms with Gasteiger partial charge in [-0.25, -0.2) is 0 Å². The maximum absolute atomic E-state index is 12.2. The van der Waals surface area contributed by atoms with E-state index in [1.165, 1.54) is 15.3 Å². The fourth-order valence-corrected chi connectivity index (χ4v) is 3.83. The van der Waals surface area contributed by atoms with Crippen LogP contribution in [0.5, 0.6) is 5.75 Å². The summed E-state index contributed by atoms with van der Waals surface area (Å²) in [7, 11) is 4.21. The maximum Gasteiger partial charge on any atom is 0.258 e. The second-order valence-electron chi connectivity index (χ2n) is 6.47. The monoisotopic (exact) mass is 347 g/mol. The molecule has 2 N–H and O–H groups in total. The number of amides is 1. The summed E-state index contributed by atoms with van der Waals surface area (Å²) in [5, 5.41) is 5.06. The zero-order chi connectivity index (χ0) is 17.7. The van der Waals surface area contributed by atoms with Crippen molar-refractivity contribution in [2.75, 3.05) is 27.2 Å². The highest BCUT2D eigenvalue weighted by Crippen LogP contribution is 2.24. The van der Waals surface area contributed by atoms with E-state index in [0.717, 1.165) is 16.9 Å². The van der Waals surface area contributed by atoms with Gasteiger partial charge >= 0.3 is 0 Å². The van der Waals surface area contributed by atoms with Gasteiger partial charge in [0.2, 0.25) is 0 Å². The first-order valence-electron chi connectivity index (χ1n) is 8.19. The van der Waals surface area contributed by atoms with Crippen LogP contribution in [0.15, 0.2) is 29.6 Å². The largest absolute Gasteiger partial charge is 0.483 e. The number of carbonyl (C=O) groups is 1. The summed E-state index contributed by atoms with van der Waals surface area (Å²) in [6, 6.07) is 8.57. The first kappa shape index (κ1) is 18.5. The third-order valence-electron chi connectivity index (χ3n) is 4.04. The van der Waals surface area contributed by atoms with Crippen LogP contribution in [0.4, 0.5) is 0 Å². The molecule has 0 saturated carbocycles. The van der Waals surface area contributed by atoms with Crippen LogP contribution in [0.2, 0.25) is 0 Å². The SMILES string of the molecule is Cc1cc(C)c(OCC(=O)NC[C@@H](c2cccs2)[NH+](C)C)c(C)c1. The van der Waals surface area contributed by atoms with Gasteiger partial charge in [-0.1, -0.05) is 23.8 Å². The number of thiophene rings is 1. The van der Waals surface area contributed by atoms with Crippen LogP contribution >= 0.6 is 11.3 Å². The van der Waals surface area contributed by atoms with Gasteiger partial charge in [0.15, 0.2) is 6.61 Å². The Morgan fingerprint density at radius 1 is 1.25 bits per heavy atom. The summed E-state index contributed by atoms with van der Waals surface area (Å²) in [4.78, 5) is 14.7. The number of hydrogen-bond donors (Lipinski definition) is 2. The minimum absolute atomic E-state index is 0.0463. The molecule has 1 atom stereocenters. The van der Waals surface area contributed by atoms with Crippen LogP contribution in [-0.2, 0) is 4.79 Å². The minimum atomic E-state index is -0.0859. The molecule has 0 aliphatic heterocycles. The summed E-state index contributed by atoms with van der Waals surface area (Å²) in [6.07, 6.45) is 0. The summed E-state index contributed by atoms with van der Waals surface area (Å²) in [5.74, 6) is 0.723. The highest BCUT2D eigenvalue weighted by molar-refractivity contribution is 7.10. The van der Waals surface area contributed by atoms with Crippen LogP contribution in [0, 0.1) is 20.8 Å². The van der Waals surface area contributed by atoms with Crippen molar-refractivity contribution in [1.29, 1.82) is 0 Å². The molecule has 5 heteroatoms. The molecule has 0 unspecified atom stereocenters. The van der Waals surface area contributed by atoms with Gasteiger partial charge in [0.05, 0.1) is 25.5 Å². The lowest BCUT2D eigenvalue weighted by molar-refractivity contribution is -0.890. The topological polar surface area (TPSA) is 42.8 Å². The molecule has 0 aliphatic rings. The van der Waals surface area contributed by atoms with Crippen molar-refractivity contribution in [3.63, 3.8) is 0 Å². The highest BCUT2D eigenvalue weighted by atomic mass is 32.1. The van der Waals surface area contributed by atoms with Crippen molar-refractivity contribution in [3.05, 3.63) is 51.2 Å². The Kier molecular flexibility index (Phi) is 6.40. The number of hydrogen-bond acceptors (Lipinski definition) is 3. The Morgan fingerprint density at radius 3 is 2.46 bits per heavy atom. The van der Waals surface area contributed by atoms with Crippen LogP contribution < -0.4 is 15.0 Å². The summed E-state index contributed by atoms with van der Waals surface area (Å²) in [6.45, 7) is 6.73. The van der Waals surface area contributed by atoms with E-state index in [4.69, 9.17) is 4.74 Å². The molecule has 130 valence electrons. The van der Waals surface area contributed by atoms with Crippen molar-refractivity contribution in [3.8, 4) is 5.75 Å². The Balaban J connectivity index is 1.90. The predicted molar refractivity (Wildman–Crippen MR) is 99.0 cm³/mol.